The molecule has 0 atom stereocenters. The topological polar surface area (TPSA) is 69.7 Å². The molecule has 0 aromatic heterocycles. The molecule has 0 bridgehead atoms. The lowest BCUT2D eigenvalue weighted by molar-refractivity contribution is -0.119. The number of halogens is 1. The summed E-state index contributed by atoms with van der Waals surface area (Å²) in [5, 5.41) is 2.73. The van der Waals surface area contributed by atoms with E-state index in [1.807, 2.05) is 19.1 Å². The van der Waals surface area contributed by atoms with Crippen LogP contribution in [-0.2, 0) is 21.4 Å². The quantitative estimate of drug-likeness (QED) is 0.731. The summed E-state index contributed by atoms with van der Waals surface area (Å²) in [5.74, 6) is -0.723. The van der Waals surface area contributed by atoms with Crippen molar-refractivity contribution >= 4 is 21.8 Å². The highest BCUT2D eigenvalue weighted by molar-refractivity contribution is 7.90. The summed E-state index contributed by atoms with van der Waals surface area (Å²) >= 11 is 0. The normalized spacial score (nSPS) is 11.5. The van der Waals surface area contributed by atoms with Gasteiger partial charge in [-0.1, -0.05) is 24.3 Å². The Balaban J connectivity index is 2.12. The zero-order valence-corrected chi connectivity index (χ0v) is 17.4. The molecule has 1 N–H and O–H groups in total. The lowest BCUT2D eigenvalue weighted by Crippen LogP contribution is -2.46. The fourth-order valence-electron chi connectivity index (χ4n) is 2.66. The van der Waals surface area contributed by atoms with Crippen LogP contribution in [-0.4, -0.2) is 45.8 Å². The molecule has 1 amide bonds. The summed E-state index contributed by atoms with van der Waals surface area (Å²) in [4.78, 5) is 12.4. The lowest BCUT2D eigenvalue weighted by Gasteiger charge is -2.28. The molecule has 0 aliphatic carbocycles. The largest absolute Gasteiger partial charge is 0.354 e. The van der Waals surface area contributed by atoms with Crippen molar-refractivity contribution < 1.29 is 17.6 Å². The van der Waals surface area contributed by atoms with Crippen molar-refractivity contribution in [3.8, 4) is 0 Å². The standard InChI is InChI=1S/C20H26FN3O3S/c1-15-5-6-16(2)19(13-15)24(28(26,27)23(3)4)14-20(25)22-12-11-17-7-9-18(21)10-8-17/h5-10,13H,11-12,14H2,1-4H3,(H,22,25). The van der Waals surface area contributed by atoms with E-state index < -0.39 is 16.1 Å². The first-order valence-electron chi connectivity index (χ1n) is 8.90. The highest BCUT2D eigenvalue weighted by atomic mass is 32.2. The second-order valence-corrected chi connectivity index (χ2v) is 8.88. The monoisotopic (exact) mass is 407 g/mol. The molecule has 28 heavy (non-hydrogen) atoms. The maximum atomic E-state index is 12.9. The highest BCUT2D eigenvalue weighted by Gasteiger charge is 2.28. The third-order valence-corrected chi connectivity index (χ3v) is 6.12. The second kappa shape index (κ2) is 9.16. The molecule has 0 aliphatic heterocycles. The van der Waals surface area contributed by atoms with E-state index in [1.54, 1.807) is 25.1 Å². The SMILES string of the molecule is Cc1ccc(C)c(N(CC(=O)NCCc2ccc(F)cc2)S(=O)(=O)N(C)C)c1. The minimum Gasteiger partial charge on any atom is -0.354 e. The average Bonchev–Trinajstić information content (AvgIpc) is 2.63. The van der Waals surface area contributed by atoms with Gasteiger partial charge < -0.3 is 5.32 Å². The van der Waals surface area contributed by atoms with Gasteiger partial charge in [-0.25, -0.2) is 8.70 Å². The van der Waals surface area contributed by atoms with Gasteiger partial charge in [0.1, 0.15) is 12.4 Å². The molecular weight excluding hydrogens is 381 g/mol. The Bertz CT molecular complexity index is 928. The van der Waals surface area contributed by atoms with E-state index >= 15 is 0 Å². The first-order chi connectivity index (χ1) is 13.1. The number of anilines is 1. The van der Waals surface area contributed by atoms with E-state index in [-0.39, 0.29) is 12.4 Å². The predicted molar refractivity (Wildman–Crippen MR) is 109 cm³/mol. The van der Waals surface area contributed by atoms with Gasteiger partial charge in [-0.05, 0) is 55.2 Å². The molecule has 0 unspecified atom stereocenters. The van der Waals surface area contributed by atoms with E-state index in [0.29, 0.717) is 18.7 Å². The number of nitrogens with zero attached hydrogens (tertiary/aromatic N) is 2. The fourth-order valence-corrected chi connectivity index (χ4v) is 3.78. The molecule has 0 spiro atoms. The van der Waals surface area contributed by atoms with E-state index in [2.05, 4.69) is 5.32 Å². The Morgan fingerprint density at radius 2 is 1.71 bits per heavy atom. The summed E-state index contributed by atoms with van der Waals surface area (Å²) in [7, 11) is -0.983. The molecule has 6 nitrogen and oxygen atoms in total. The van der Waals surface area contributed by atoms with Gasteiger partial charge in [0.05, 0.1) is 5.69 Å². The molecule has 152 valence electrons. The Morgan fingerprint density at radius 1 is 1.07 bits per heavy atom. The summed E-state index contributed by atoms with van der Waals surface area (Å²) in [6.45, 7) is 3.67. The fraction of sp³-hybridized carbons (Fsp3) is 0.350. The Hall–Kier alpha value is -2.45. The van der Waals surface area contributed by atoms with Crippen LogP contribution >= 0.6 is 0 Å². The molecule has 0 fully saturated rings. The van der Waals surface area contributed by atoms with Crippen LogP contribution in [0.5, 0.6) is 0 Å². The van der Waals surface area contributed by atoms with E-state index in [9.17, 15) is 17.6 Å². The maximum Gasteiger partial charge on any atom is 0.304 e. The number of aryl methyl sites for hydroxylation is 2. The van der Waals surface area contributed by atoms with Gasteiger partial charge in [-0.15, -0.1) is 0 Å². The number of carbonyl (C=O) groups is 1. The summed E-state index contributed by atoms with van der Waals surface area (Å²) in [6.07, 6.45) is 0.524. The average molecular weight is 408 g/mol. The Morgan fingerprint density at radius 3 is 2.32 bits per heavy atom. The summed E-state index contributed by atoms with van der Waals surface area (Å²) < 4.78 is 40.7. The van der Waals surface area contributed by atoms with E-state index in [4.69, 9.17) is 0 Å². The van der Waals surface area contributed by atoms with Crippen molar-refractivity contribution in [2.75, 3.05) is 31.5 Å². The lowest BCUT2D eigenvalue weighted by atomic mass is 10.1. The minimum atomic E-state index is -3.84. The molecular formula is C20H26FN3O3S. The van der Waals surface area contributed by atoms with Crippen molar-refractivity contribution in [1.29, 1.82) is 0 Å². The first kappa shape index (κ1) is 21.8. The van der Waals surface area contributed by atoms with Crippen molar-refractivity contribution in [1.82, 2.24) is 9.62 Å². The van der Waals surface area contributed by atoms with Crippen LogP contribution in [0, 0.1) is 19.7 Å². The summed E-state index contributed by atoms with van der Waals surface area (Å²) in [5.41, 5.74) is 3.02. The van der Waals surface area contributed by atoms with Crippen LogP contribution in [0.15, 0.2) is 42.5 Å². The highest BCUT2D eigenvalue weighted by Crippen LogP contribution is 2.25. The molecule has 0 aliphatic rings. The van der Waals surface area contributed by atoms with Gasteiger partial charge in [0.2, 0.25) is 5.91 Å². The number of nitrogens with one attached hydrogen (secondary N) is 1. The van der Waals surface area contributed by atoms with Crippen LogP contribution < -0.4 is 9.62 Å². The Labute approximate surface area is 166 Å². The second-order valence-electron chi connectivity index (χ2n) is 6.81. The smallest absolute Gasteiger partial charge is 0.304 e. The zero-order chi connectivity index (χ0) is 20.9. The molecule has 2 aromatic rings. The maximum absolute atomic E-state index is 12.9. The van der Waals surface area contributed by atoms with Crippen LogP contribution in [0.25, 0.3) is 0 Å². The van der Waals surface area contributed by atoms with Crippen LogP contribution in [0.4, 0.5) is 10.1 Å². The van der Waals surface area contributed by atoms with Gasteiger partial charge in [-0.3, -0.25) is 4.79 Å². The van der Waals surface area contributed by atoms with Gasteiger partial charge in [0.25, 0.3) is 0 Å². The van der Waals surface area contributed by atoms with Gasteiger partial charge in [0, 0.05) is 20.6 Å². The molecule has 2 rings (SSSR count). The van der Waals surface area contributed by atoms with E-state index in [0.717, 1.165) is 25.3 Å². The summed E-state index contributed by atoms with van der Waals surface area (Å²) in [6, 6.07) is 11.5. The minimum absolute atomic E-state index is 0.314. The van der Waals surface area contributed by atoms with Gasteiger partial charge >= 0.3 is 10.2 Å². The van der Waals surface area contributed by atoms with Crippen molar-refractivity contribution in [3.05, 3.63) is 65.0 Å². The number of benzene rings is 2. The number of carbonyl (C=O) groups excluding carboxylic acids is 1. The third-order valence-electron chi connectivity index (χ3n) is 4.31. The van der Waals surface area contributed by atoms with Crippen LogP contribution in [0.1, 0.15) is 16.7 Å². The van der Waals surface area contributed by atoms with Crippen molar-refractivity contribution in [2.45, 2.75) is 20.3 Å². The van der Waals surface area contributed by atoms with E-state index in [1.165, 1.54) is 26.2 Å². The Kier molecular flexibility index (Phi) is 7.15. The molecule has 0 saturated heterocycles. The molecule has 0 radical (unpaired) electrons. The van der Waals surface area contributed by atoms with Crippen LogP contribution in [0.3, 0.4) is 0 Å². The molecule has 0 heterocycles. The molecule has 2 aromatic carbocycles. The third kappa shape index (κ3) is 5.53. The number of hydrogen-bond donors (Lipinski definition) is 1. The first-order valence-corrected chi connectivity index (χ1v) is 10.3. The zero-order valence-electron chi connectivity index (χ0n) is 16.6. The number of amides is 1. The predicted octanol–water partition coefficient (Wildman–Crippen LogP) is 2.41. The number of rotatable bonds is 8. The van der Waals surface area contributed by atoms with Crippen LogP contribution in [0.2, 0.25) is 0 Å². The van der Waals surface area contributed by atoms with Gasteiger partial charge in [-0.2, -0.15) is 12.7 Å². The van der Waals surface area contributed by atoms with Gasteiger partial charge in [0.15, 0.2) is 0 Å². The number of hydrogen-bond acceptors (Lipinski definition) is 3. The van der Waals surface area contributed by atoms with Crippen molar-refractivity contribution in [2.24, 2.45) is 0 Å². The molecule has 8 heteroatoms. The molecule has 0 saturated carbocycles. The van der Waals surface area contributed by atoms with Crippen molar-refractivity contribution in [3.63, 3.8) is 0 Å².